The van der Waals surface area contributed by atoms with E-state index in [0.717, 1.165) is 19.4 Å². The fraction of sp³-hybridized carbons (Fsp3) is 0.294. The van der Waals surface area contributed by atoms with Crippen molar-refractivity contribution in [3.05, 3.63) is 47.0 Å². The first-order chi connectivity index (χ1) is 12.4. The first-order valence-corrected chi connectivity index (χ1v) is 10.0. The summed E-state index contributed by atoms with van der Waals surface area (Å²) >= 11 is 6.01. The summed E-state index contributed by atoms with van der Waals surface area (Å²) in [4.78, 5) is 16.4. The normalized spacial score (nSPS) is 17.1. The SMILES string of the molecule is Cc1c(Cl)cccc1S(=O)(=O)Nc1cccc(NC(=O)C2CCCN2)n1. The van der Waals surface area contributed by atoms with E-state index in [4.69, 9.17) is 11.6 Å². The third-order valence-corrected chi connectivity index (χ3v) is 6.03. The van der Waals surface area contributed by atoms with Crippen molar-refractivity contribution in [3.63, 3.8) is 0 Å². The van der Waals surface area contributed by atoms with Crippen LogP contribution in [0.2, 0.25) is 5.02 Å². The summed E-state index contributed by atoms with van der Waals surface area (Å²) in [6, 6.07) is 9.17. The fourth-order valence-electron chi connectivity index (χ4n) is 2.75. The van der Waals surface area contributed by atoms with Crippen LogP contribution in [0.4, 0.5) is 11.6 Å². The lowest BCUT2D eigenvalue weighted by Gasteiger charge is -2.13. The number of anilines is 2. The standard InChI is InChI=1S/C17H19ClN4O3S/c1-11-12(18)5-2-7-14(11)26(24,25)22-16-9-3-8-15(20-16)21-17(23)13-6-4-10-19-13/h2-3,5,7-9,13,19H,4,6,10H2,1H3,(H2,20,21,22,23). The number of hydrogen-bond acceptors (Lipinski definition) is 5. The van der Waals surface area contributed by atoms with Crippen molar-refractivity contribution in [2.24, 2.45) is 0 Å². The Morgan fingerprint density at radius 1 is 1.23 bits per heavy atom. The summed E-state index contributed by atoms with van der Waals surface area (Å²) < 4.78 is 27.6. The van der Waals surface area contributed by atoms with Gasteiger partial charge in [0.05, 0.1) is 10.9 Å². The van der Waals surface area contributed by atoms with Gasteiger partial charge >= 0.3 is 0 Å². The van der Waals surface area contributed by atoms with Gasteiger partial charge in [-0.25, -0.2) is 13.4 Å². The van der Waals surface area contributed by atoms with Crippen LogP contribution in [0.25, 0.3) is 0 Å². The molecule has 138 valence electrons. The van der Waals surface area contributed by atoms with E-state index in [0.29, 0.717) is 10.6 Å². The smallest absolute Gasteiger partial charge is 0.263 e. The van der Waals surface area contributed by atoms with Gasteiger partial charge in [0.15, 0.2) is 0 Å². The average Bonchev–Trinajstić information content (AvgIpc) is 3.12. The van der Waals surface area contributed by atoms with Gasteiger partial charge in [-0.3, -0.25) is 9.52 Å². The highest BCUT2D eigenvalue weighted by Gasteiger charge is 2.23. The number of nitrogens with zero attached hydrogens (tertiary/aromatic N) is 1. The zero-order valence-electron chi connectivity index (χ0n) is 14.1. The van der Waals surface area contributed by atoms with Gasteiger partial charge < -0.3 is 10.6 Å². The minimum Gasteiger partial charge on any atom is -0.309 e. The molecule has 1 aliphatic rings. The minimum absolute atomic E-state index is 0.0800. The molecule has 1 atom stereocenters. The number of amides is 1. The first-order valence-electron chi connectivity index (χ1n) is 8.16. The molecule has 3 N–H and O–H groups in total. The molecule has 1 fully saturated rings. The second-order valence-corrected chi connectivity index (χ2v) is 8.07. The van der Waals surface area contributed by atoms with Crippen molar-refractivity contribution in [3.8, 4) is 0 Å². The third kappa shape index (κ3) is 4.14. The van der Waals surface area contributed by atoms with Crippen molar-refractivity contribution in [2.45, 2.75) is 30.7 Å². The van der Waals surface area contributed by atoms with Crippen molar-refractivity contribution >= 4 is 39.2 Å². The number of nitrogens with one attached hydrogen (secondary N) is 3. The molecule has 0 radical (unpaired) electrons. The number of pyridine rings is 1. The Morgan fingerprint density at radius 3 is 2.69 bits per heavy atom. The molecule has 2 aromatic rings. The monoisotopic (exact) mass is 394 g/mol. The van der Waals surface area contributed by atoms with E-state index >= 15 is 0 Å². The zero-order valence-corrected chi connectivity index (χ0v) is 15.7. The average molecular weight is 395 g/mol. The van der Waals surface area contributed by atoms with E-state index in [-0.39, 0.29) is 28.5 Å². The van der Waals surface area contributed by atoms with Gasteiger partial charge in [0, 0.05) is 5.02 Å². The maximum Gasteiger partial charge on any atom is 0.263 e. The number of rotatable bonds is 5. The number of benzene rings is 1. The molecular weight excluding hydrogens is 376 g/mol. The predicted molar refractivity (Wildman–Crippen MR) is 101 cm³/mol. The summed E-state index contributed by atoms with van der Waals surface area (Å²) in [6.07, 6.45) is 1.72. The lowest BCUT2D eigenvalue weighted by atomic mass is 10.2. The molecule has 9 heteroatoms. The van der Waals surface area contributed by atoms with Crippen LogP contribution in [0.5, 0.6) is 0 Å². The van der Waals surface area contributed by atoms with Crippen LogP contribution in [-0.2, 0) is 14.8 Å². The quantitative estimate of drug-likeness (QED) is 0.723. The van der Waals surface area contributed by atoms with E-state index in [1.807, 2.05) is 0 Å². The Balaban J connectivity index is 1.77. The number of halogens is 1. The Bertz CT molecular complexity index is 927. The van der Waals surface area contributed by atoms with Gasteiger partial charge in [-0.1, -0.05) is 23.7 Å². The number of aromatic nitrogens is 1. The molecule has 1 aromatic carbocycles. The fourth-order valence-corrected chi connectivity index (χ4v) is 4.25. The summed E-state index contributed by atoms with van der Waals surface area (Å²) in [6.45, 7) is 2.44. The van der Waals surface area contributed by atoms with Crippen LogP contribution in [0, 0.1) is 6.92 Å². The molecule has 0 saturated carbocycles. The lowest BCUT2D eigenvalue weighted by molar-refractivity contribution is -0.117. The van der Waals surface area contributed by atoms with Gasteiger partial charge in [0.1, 0.15) is 11.6 Å². The highest BCUT2D eigenvalue weighted by molar-refractivity contribution is 7.92. The molecule has 0 spiro atoms. The molecule has 1 amide bonds. The van der Waals surface area contributed by atoms with Gasteiger partial charge in [0.25, 0.3) is 10.0 Å². The maximum absolute atomic E-state index is 12.6. The highest BCUT2D eigenvalue weighted by atomic mass is 35.5. The molecule has 26 heavy (non-hydrogen) atoms. The molecule has 0 aliphatic carbocycles. The Hall–Kier alpha value is -2.16. The lowest BCUT2D eigenvalue weighted by Crippen LogP contribution is -2.35. The molecule has 2 heterocycles. The minimum atomic E-state index is -3.85. The van der Waals surface area contributed by atoms with Crippen LogP contribution in [0.1, 0.15) is 18.4 Å². The maximum atomic E-state index is 12.6. The second kappa shape index (κ2) is 7.61. The molecule has 0 bridgehead atoms. The number of carbonyl (C=O) groups excluding carboxylic acids is 1. The van der Waals surface area contributed by atoms with Crippen LogP contribution in [0.3, 0.4) is 0 Å². The van der Waals surface area contributed by atoms with Gasteiger partial charge in [0.2, 0.25) is 5.91 Å². The zero-order chi connectivity index (χ0) is 18.7. The van der Waals surface area contributed by atoms with Crippen LogP contribution in [0.15, 0.2) is 41.3 Å². The third-order valence-electron chi connectivity index (χ3n) is 4.12. The largest absolute Gasteiger partial charge is 0.309 e. The van der Waals surface area contributed by atoms with Gasteiger partial charge in [-0.15, -0.1) is 0 Å². The predicted octanol–water partition coefficient (Wildman–Crippen LogP) is 2.53. The van der Waals surface area contributed by atoms with Crippen molar-refractivity contribution in [1.82, 2.24) is 10.3 Å². The number of sulfonamides is 1. The molecule has 1 unspecified atom stereocenters. The second-order valence-electron chi connectivity index (χ2n) is 6.01. The van der Waals surface area contributed by atoms with Crippen molar-refractivity contribution < 1.29 is 13.2 Å². The van der Waals surface area contributed by atoms with Crippen LogP contribution >= 0.6 is 11.6 Å². The van der Waals surface area contributed by atoms with E-state index in [1.54, 1.807) is 31.2 Å². The number of carbonyl (C=O) groups is 1. The number of hydrogen-bond donors (Lipinski definition) is 3. The summed E-state index contributed by atoms with van der Waals surface area (Å²) in [5.74, 6) is 0.217. The molecule has 3 rings (SSSR count). The van der Waals surface area contributed by atoms with E-state index < -0.39 is 10.0 Å². The molecule has 7 nitrogen and oxygen atoms in total. The van der Waals surface area contributed by atoms with Crippen LogP contribution < -0.4 is 15.4 Å². The van der Waals surface area contributed by atoms with E-state index in [2.05, 4.69) is 20.3 Å². The molecular formula is C17H19ClN4O3S. The summed E-state index contributed by atoms with van der Waals surface area (Å²) in [7, 11) is -3.85. The topological polar surface area (TPSA) is 100 Å². The van der Waals surface area contributed by atoms with Crippen LogP contribution in [-0.4, -0.2) is 31.9 Å². The van der Waals surface area contributed by atoms with E-state index in [1.165, 1.54) is 12.1 Å². The molecule has 1 aliphatic heterocycles. The van der Waals surface area contributed by atoms with Crippen molar-refractivity contribution in [1.29, 1.82) is 0 Å². The highest BCUT2D eigenvalue weighted by Crippen LogP contribution is 2.24. The summed E-state index contributed by atoms with van der Waals surface area (Å²) in [5, 5.41) is 6.17. The Morgan fingerprint density at radius 2 is 1.96 bits per heavy atom. The van der Waals surface area contributed by atoms with Gasteiger partial charge in [-0.05, 0) is 56.1 Å². The van der Waals surface area contributed by atoms with E-state index in [9.17, 15) is 13.2 Å². The summed E-state index contributed by atoms with van der Waals surface area (Å²) in [5.41, 5.74) is 0.457. The van der Waals surface area contributed by atoms with Gasteiger partial charge in [-0.2, -0.15) is 0 Å². The Kier molecular flexibility index (Phi) is 5.45. The molecule has 1 saturated heterocycles. The van der Waals surface area contributed by atoms with Crippen molar-refractivity contribution in [2.75, 3.05) is 16.6 Å². The molecule has 1 aromatic heterocycles. The first kappa shape index (κ1) is 18.6. The Labute approximate surface area is 157 Å².